The number of nitrogens with zero attached hydrogens (tertiary/aromatic N) is 4. The fourth-order valence-corrected chi connectivity index (χ4v) is 3.03. The standard InChI is InChI=1S/C15H24N6O2.2ClH/c22-13-10-16-5-2-12(13)19-14(23)11-20-6-8-21(9-7-20)15-17-3-1-4-18-15;;/h1,3-4,12-13,16,22H,2,5-11H2,(H,19,23);2*1H/t12-,13-;;/m1../s1. The summed E-state index contributed by atoms with van der Waals surface area (Å²) in [6.45, 7) is 4.99. The van der Waals surface area contributed by atoms with Crippen LogP contribution in [0.25, 0.3) is 0 Å². The molecular formula is C15H26Cl2N6O2. The van der Waals surface area contributed by atoms with Crippen molar-refractivity contribution in [2.45, 2.75) is 18.6 Å². The highest BCUT2D eigenvalue weighted by atomic mass is 35.5. The predicted octanol–water partition coefficient (Wildman–Crippen LogP) is -0.719. The van der Waals surface area contributed by atoms with E-state index in [1.807, 2.05) is 0 Å². The normalized spacial score (nSPS) is 24.0. The fraction of sp³-hybridized carbons (Fsp3) is 0.667. The highest BCUT2D eigenvalue weighted by Gasteiger charge is 2.26. The Labute approximate surface area is 160 Å². The van der Waals surface area contributed by atoms with Gasteiger partial charge < -0.3 is 20.6 Å². The number of carbonyl (C=O) groups is 1. The number of piperazine rings is 1. The van der Waals surface area contributed by atoms with Gasteiger partial charge in [-0.25, -0.2) is 9.97 Å². The fourth-order valence-electron chi connectivity index (χ4n) is 3.03. The van der Waals surface area contributed by atoms with Crippen molar-refractivity contribution >= 4 is 36.7 Å². The second-order valence-corrected chi connectivity index (χ2v) is 6.05. The van der Waals surface area contributed by atoms with E-state index in [-0.39, 0.29) is 36.8 Å². The summed E-state index contributed by atoms with van der Waals surface area (Å²) in [5.74, 6) is 0.731. The second kappa shape index (κ2) is 10.7. The van der Waals surface area contributed by atoms with Crippen LogP contribution in [-0.2, 0) is 4.79 Å². The largest absolute Gasteiger partial charge is 0.390 e. The molecule has 25 heavy (non-hydrogen) atoms. The number of β-amino-alcohol motifs (C(OH)–C–C–N with tert-alkyl or cyclic N) is 1. The number of aliphatic hydroxyl groups is 1. The van der Waals surface area contributed by atoms with E-state index in [0.29, 0.717) is 13.1 Å². The molecule has 10 heteroatoms. The summed E-state index contributed by atoms with van der Waals surface area (Å²) in [4.78, 5) is 24.9. The van der Waals surface area contributed by atoms with Crippen LogP contribution in [0.15, 0.2) is 18.5 Å². The molecule has 0 spiro atoms. The lowest BCUT2D eigenvalue weighted by Crippen LogP contribution is -2.55. The van der Waals surface area contributed by atoms with Gasteiger partial charge in [0.25, 0.3) is 0 Å². The van der Waals surface area contributed by atoms with Gasteiger partial charge in [-0.15, -0.1) is 24.8 Å². The Balaban J connectivity index is 0.00000156. The van der Waals surface area contributed by atoms with Crippen molar-refractivity contribution in [2.24, 2.45) is 0 Å². The molecule has 0 unspecified atom stereocenters. The number of halogens is 2. The number of piperidine rings is 1. The van der Waals surface area contributed by atoms with E-state index in [1.54, 1.807) is 18.5 Å². The number of nitrogens with one attached hydrogen (secondary N) is 2. The van der Waals surface area contributed by atoms with Crippen molar-refractivity contribution in [3.8, 4) is 0 Å². The van der Waals surface area contributed by atoms with Crippen LogP contribution < -0.4 is 15.5 Å². The van der Waals surface area contributed by atoms with Gasteiger partial charge in [-0.3, -0.25) is 9.69 Å². The van der Waals surface area contributed by atoms with Gasteiger partial charge in [0.1, 0.15) is 0 Å². The maximum atomic E-state index is 12.2. The van der Waals surface area contributed by atoms with Crippen molar-refractivity contribution in [1.29, 1.82) is 0 Å². The van der Waals surface area contributed by atoms with E-state index < -0.39 is 6.10 Å². The van der Waals surface area contributed by atoms with Crippen LogP contribution in [-0.4, -0.2) is 83.8 Å². The van der Waals surface area contributed by atoms with Gasteiger partial charge in [0.2, 0.25) is 11.9 Å². The van der Waals surface area contributed by atoms with E-state index >= 15 is 0 Å². The molecule has 142 valence electrons. The maximum absolute atomic E-state index is 12.2. The van der Waals surface area contributed by atoms with Crippen molar-refractivity contribution < 1.29 is 9.90 Å². The third-order valence-corrected chi connectivity index (χ3v) is 4.37. The molecule has 1 aromatic heterocycles. The van der Waals surface area contributed by atoms with E-state index in [0.717, 1.165) is 45.1 Å². The molecule has 2 aliphatic heterocycles. The zero-order chi connectivity index (χ0) is 16.1. The monoisotopic (exact) mass is 392 g/mol. The van der Waals surface area contributed by atoms with Gasteiger partial charge in [0.15, 0.2) is 0 Å². The smallest absolute Gasteiger partial charge is 0.234 e. The lowest BCUT2D eigenvalue weighted by molar-refractivity contribution is -0.124. The lowest BCUT2D eigenvalue weighted by Gasteiger charge is -2.35. The zero-order valence-corrected chi connectivity index (χ0v) is 15.6. The number of hydrogen-bond donors (Lipinski definition) is 3. The predicted molar refractivity (Wildman–Crippen MR) is 101 cm³/mol. The number of amides is 1. The first-order valence-electron chi connectivity index (χ1n) is 8.15. The maximum Gasteiger partial charge on any atom is 0.234 e. The molecule has 0 radical (unpaired) electrons. The molecule has 8 nitrogen and oxygen atoms in total. The summed E-state index contributed by atoms with van der Waals surface area (Å²) in [6.07, 6.45) is 3.75. The molecule has 2 atom stereocenters. The molecule has 3 heterocycles. The molecule has 3 rings (SSSR count). The van der Waals surface area contributed by atoms with Crippen LogP contribution in [0, 0.1) is 0 Å². The summed E-state index contributed by atoms with van der Waals surface area (Å²) in [5, 5.41) is 15.9. The Morgan fingerprint density at radius 1 is 1.24 bits per heavy atom. The Morgan fingerprint density at radius 3 is 2.56 bits per heavy atom. The van der Waals surface area contributed by atoms with E-state index in [9.17, 15) is 9.90 Å². The quantitative estimate of drug-likeness (QED) is 0.622. The van der Waals surface area contributed by atoms with Crippen LogP contribution >= 0.6 is 24.8 Å². The first-order chi connectivity index (χ1) is 11.2. The molecule has 3 N–H and O–H groups in total. The highest BCUT2D eigenvalue weighted by Crippen LogP contribution is 2.09. The van der Waals surface area contributed by atoms with Crippen molar-refractivity contribution in [2.75, 3.05) is 50.7 Å². The Bertz CT molecular complexity index is 516. The first kappa shape index (κ1) is 21.9. The number of rotatable bonds is 4. The summed E-state index contributed by atoms with van der Waals surface area (Å²) in [5.41, 5.74) is 0. The summed E-state index contributed by atoms with van der Waals surface area (Å²) in [6, 6.07) is 1.67. The molecule has 0 bridgehead atoms. The van der Waals surface area contributed by atoms with Gasteiger partial charge >= 0.3 is 0 Å². The van der Waals surface area contributed by atoms with Crippen LogP contribution in [0.3, 0.4) is 0 Å². The van der Waals surface area contributed by atoms with E-state index in [1.165, 1.54) is 0 Å². The summed E-state index contributed by atoms with van der Waals surface area (Å²) >= 11 is 0. The third kappa shape index (κ3) is 6.23. The molecule has 0 aromatic carbocycles. The van der Waals surface area contributed by atoms with E-state index in [2.05, 4.69) is 30.4 Å². The SMILES string of the molecule is Cl.Cl.O=C(CN1CCN(c2ncccn2)CC1)N[C@@H]1CCNC[C@H]1O. The second-order valence-electron chi connectivity index (χ2n) is 6.05. The topological polar surface area (TPSA) is 93.6 Å². The molecule has 0 aliphatic carbocycles. The molecule has 2 aliphatic rings. The lowest BCUT2D eigenvalue weighted by atomic mass is 10.0. The number of aliphatic hydroxyl groups excluding tert-OH is 1. The van der Waals surface area contributed by atoms with Gasteiger partial charge in [0.05, 0.1) is 18.7 Å². The number of anilines is 1. The average Bonchev–Trinajstić information content (AvgIpc) is 2.58. The van der Waals surface area contributed by atoms with Gasteiger partial charge in [-0.05, 0) is 19.0 Å². The van der Waals surface area contributed by atoms with Gasteiger partial charge in [-0.1, -0.05) is 0 Å². The summed E-state index contributed by atoms with van der Waals surface area (Å²) < 4.78 is 0. The minimum atomic E-state index is -0.500. The number of hydrogen-bond acceptors (Lipinski definition) is 7. The molecule has 1 aromatic rings. The number of aromatic nitrogens is 2. The Morgan fingerprint density at radius 2 is 1.92 bits per heavy atom. The average molecular weight is 393 g/mol. The third-order valence-electron chi connectivity index (χ3n) is 4.37. The molecule has 0 saturated carbocycles. The van der Waals surface area contributed by atoms with E-state index in [4.69, 9.17) is 0 Å². The van der Waals surface area contributed by atoms with Crippen molar-refractivity contribution in [1.82, 2.24) is 25.5 Å². The summed E-state index contributed by atoms with van der Waals surface area (Å²) in [7, 11) is 0. The van der Waals surface area contributed by atoms with Gasteiger partial charge in [0, 0.05) is 45.1 Å². The minimum Gasteiger partial charge on any atom is -0.390 e. The first-order valence-corrected chi connectivity index (χ1v) is 8.15. The van der Waals surface area contributed by atoms with Crippen molar-refractivity contribution in [3.63, 3.8) is 0 Å². The van der Waals surface area contributed by atoms with Crippen molar-refractivity contribution in [3.05, 3.63) is 18.5 Å². The number of carbonyl (C=O) groups excluding carboxylic acids is 1. The zero-order valence-electron chi connectivity index (χ0n) is 14.0. The van der Waals surface area contributed by atoms with Gasteiger partial charge in [-0.2, -0.15) is 0 Å². The molecule has 2 saturated heterocycles. The Hall–Kier alpha value is -1.19. The van der Waals surface area contributed by atoms with Crippen LogP contribution in [0.4, 0.5) is 5.95 Å². The molecule has 2 fully saturated rings. The minimum absolute atomic E-state index is 0. The molecule has 1 amide bonds. The Kier molecular flexibility index (Phi) is 9.37. The highest BCUT2D eigenvalue weighted by molar-refractivity contribution is 5.85. The molecular weight excluding hydrogens is 367 g/mol. The van der Waals surface area contributed by atoms with Crippen LogP contribution in [0.1, 0.15) is 6.42 Å². The van der Waals surface area contributed by atoms with Crippen LogP contribution in [0.5, 0.6) is 0 Å². The van der Waals surface area contributed by atoms with Crippen LogP contribution in [0.2, 0.25) is 0 Å².